The summed E-state index contributed by atoms with van der Waals surface area (Å²) in [6, 6.07) is 4.28. The summed E-state index contributed by atoms with van der Waals surface area (Å²) in [5.41, 5.74) is 0. The molecule has 0 radical (unpaired) electrons. The Kier molecular flexibility index (Phi) is 5.83. The Balaban J connectivity index is 2.87. The number of sulfonamides is 1. The molecule has 0 fully saturated rings. The summed E-state index contributed by atoms with van der Waals surface area (Å²) in [4.78, 5) is 6.65. The van der Waals surface area contributed by atoms with Gasteiger partial charge in [-0.15, -0.1) is 0 Å². The van der Waals surface area contributed by atoms with Crippen molar-refractivity contribution in [3.63, 3.8) is 0 Å². The van der Waals surface area contributed by atoms with Crippen molar-refractivity contribution >= 4 is 21.6 Å². The number of ether oxygens (including phenoxy) is 2. The quantitative estimate of drug-likeness (QED) is 0.604. The molecule has 6 nitrogen and oxygen atoms in total. The highest BCUT2D eigenvalue weighted by molar-refractivity contribution is 7.89. The zero-order valence-electron chi connectivity index (χ0n) is 9.97. The second kappa shape index (κ2) is 6.91. The van der Waals surface area contributed by atoms with E-state index in [1.807, 2.05) is 4.89 Å². The number of benzene rings is 1. The number of nitrogens with one attached hydrogen (secondary N) is 1. The summed E-state index contributed by atoms with van der Waals surface area (Å²) in [5, 5.41) is 0.285. The normalized spacial score (nSPS) is 11.5. The van der Waals surface area contributed by atoms with Crippen LogP contribution in [-0.2, 0) is 19.6 Å². The molecule has 0 unspecified atom stereocenters. The first kappa shape index (κ1) is 15.2. The van der Waals surface area contributed by atoms with Gasteiger partial charge in [-0.1, -0.05) is 16.5 Å². The van der Waals surface area contributed by atoms with Crippen LogP contribution in [-0.4, -0.2) is 35.9 Å². The van der Waals surface area contributed by atoms with Crippen LogP contribution in [0.3, 0.4) is 0 Å². The summed E-state index contributed by atoms with van der Waals surface area (Å²) >= 11 is 5.76. The largest absolute Gasteiger partial charge is 0.495 e. The molecule has 8 heteroatoms. The molecule has 0 bridgehead atoms. The second-order valence-electron chi connectivity index (χ2n) is 3.22. The molecule has 1 aromatic carbocycles. The van der Waals surface area contributed by atoms with Gasteiger partial charge in [-0.25, -0.2) is 8.42 Å². The minimum absolute atomic E-state index is 0.0880. The van der Waals surface area contributed by atoms with Gasteiger partial charge in [-0.2, -0.15) is 0 Å². The molecule has 0 aliphatic rings. The van der Waals surface area contributed by atoms with Crippen LogP contribution in [0.15, 0.2) is 23.1 Å². The van der Waals surface area contributed by atoms with Crippen molar-refractivity contribution in [2.75, 3.05) is 27.4 Å². The van der Waals surface area contributed by atoms with E-state index >= 15 is 0 Å². The van der Waals surface area contributed by atoms with Gasteiger partial charge >= 0.3 is 0 Å². The molecule has 0 saturated carbocycles. The lowest BCUT2D eigenvalue weighted by molar-refractivity contribution is 0.0438. The molecule has 0 aliphatic heterocycles. The van der Waals surface area contributed by atoms with Gasteiger partial charge in [-0.3, -0.25) is 4.84 Å². The lowest BCUT2D eigenvalue weighted by atomic mass is 10.3. The lowest BCUT2D eigenvalue weighted by Gasteiger charge is -2.10. The summed E-state index contributed by atoms with van der Waals surface area (Å²) < 4.78 is 33.5. The molecule has 0 atom stereocenters. The molecule has 1 rings (SSSR count). The van der Waals surface area contributed by atoms with Gasteiger partial charge < -0.3 is 9.47 Å². The number of hydrogen-bond donors (Lipinski definition) is 1. The number of methoxy groups -OCH3 is 2. The highest BCUT2D eigenvalue weighted by Crippen LogP contribution is 2.26. The first-order valence-electron chi connectivity index (χ1n) is 4.97. The molecule has 102 valence electrons. The van der Waals surface area contributed by atoms with E-state index in [-0.39, 0.29) is 28.9 Å². The van der Waals surface area contributed by atoms with Crippen molar-refractivity contribution in [1.29, 1.82) is 0 Å². The van der Waals surface area contributed by atoms with Crippen molar-refractivity contribution in [1.82, 2.24) is 4.89 Å². The average molecular weight is 296 g/mol. The Labute approximate surface area is 111 Å². The Hall–Kier alpha value is -0.860. The molecule has 18 heavy (non-hydrogen) atoms. The predicted molar refractivity (Wildman–Crippen MR) is 66.2 cm³/mol. The zero-order valence-corrected chi connectivity index (χ0v) is 11.5. The zero-order chi connectivity index (χ0) is 13.6. The minimum Gasteiger partial charge on any atom is -0.495 e. The van der Waals surface area contributed by atoms with Crippen molar-refractivity contribution in [2.45, 2.75) is 4.90 Å². The number of halogens is 1. The van der Waals surface area contributed by atoms with E-state index in [1.54, 1.807) is 0 Å². The van der Waals surface area contributed by atoms with Crippen LogP contribution in [0.25, 0.3) is 0 Å². The predicted octanol–water partition coefficient (Wildman–Crippen LogP) is 1.20. The molecule has 0 spiro atoms. The summed E-state index contributed by atoms with van der Waals surface area (Å²) in [6.07, 6.45) is 0. The van der Waals surface area contributed by atoms with Crippen LogP contribution in [0.4, 0.5) is 0 Å². The van der Waals surface area contributed by atoms with Crippen LogP contribution < -0.4 is 9.62 Å². The Morgan fingerprint density at radius 1 is 1.28 bits per heavy atom. The molecule has 0 aliphatic carbocycles. The van der Waals surface area contributed by atoms with Crippen LogP contribution >= 0.6 is 11.6 Å². The smallest absolute Gasteiger partial charge is 0.266 e. The van der Waals surface area contributed by atoms with Gasteiger partial charge in [-0.05, 0) is 18.2 Å². The molecule has 1 N–H and O–H groups in total. The van der Waals surface area contributed by atoms with Gasteiger partial charge in [0.25, 0.3) is 10.0 Å². The third-order valence-corrected chi connectivity index (χ3v) is 3.44. The Morgan fingerprint density at radius 2 is 2.00 bits per heavy atom. The van der Waals surface area contributed by atoms with E-state index in [0.29, 0.717) is 0 Å². The second-order valence-corrected chi connectivity index (χ2v) is 5.27. The summed E-state index contributed by atoms with van der Waals surface area (Å²) in [6.45, 7) is 0.369. The maximum absolute atomic E-state index is 11.9. The van der Waals surface area contributed by atoms with Gasteiger partial charge in [0, 0.05) is 12.1 Å². The maximum atomic E-state index is 11.9. The van der Waals surface area contributed by atoms with E-state index < -0.39 is 10.0 Å². The molecular weight excluding hydrogens is 282 g/mol. The SMILES string of the molecule is COCCONS(=O)(=O)c1cc(Cl)ccc1OC. The third kappa shape index (κ3) is 4.11. The lowest BCUT2D eigenvalue weighted by Crippen LogP contribution is -2.26. The topological polar surface area (TPSA) is 73.9 Å². The molecule has 0 heterocycles. The van der Waals surface area contributed by atoms with E-state index in [0.717, 1.165) is 0 Å². The molecule has 1 aromatic rings. The fraction of sp³-hybridized carbons (Fsp3) is 0.400. The van der Waals surface area contributed by atoms with Gasteiger partial charge in [0.2, 0.25) is 0 Å². The van der Waals surface area contributed by atoms with Crippen LogP contribution in [0, 0.1) is 0 Å². The Bertz CT molecular complexity index is 491. The maximum Gasteiger partial charge on any atom is 0.266 e. The highest BCUT2D eigenvalue weighted by Gasteiger charge is 2.20. The molecular formula is C10H14ClNO5S. The van der Waals surface area contributed by atoms with Crippen molar-refractivity contribution in [3.8, 4) is 5.75 Å². The number of rotatable bonds is 7. The third-order valence-electron chi connectivity index (χ3n) is 1.97. The monoisotopic (exact) mass is 295 g/mol. The van der Waals surface area contributed by atoms with Gasteiger partial charge in [0.1, 0.15) is 10.6 Å². The summed E-state index contributed by atoms with van der Waals surface area (Å²) in [5.74, 6) is 0.183. The van der Waals surface area contributed by atoms with Crippen LogP contribution in [0.5, 0.6) is 5.75 Å². The molecule has 0 aromatic heterocycles. The van der Waals surface area contributed by atoms with E-state index in [2.05, 4.69) is 0 Å². The van der Waals surface area contributed by atoms with E-state index in [4.69, 9.17) is 25.9 Å². The first-order valence-corrected chi connectivity index (χ1v) is 6.83. The molecule has 0 amide bonds. The van der Waals surface area contributed by atoms with Gasteiger partial charge in [0.15, 0.2) is 0 Å². The summed E-state index contributed by atoms with van der Waals surface area (Å²) in [7, 11) is -0.990. The van der Waals surface area contributed by atoms with Crippen molar-refractivity contribution in [2.24, 2.45) is 0 Å². The number of hydrogen-bond acceptors (Lipinski definition) is 5. The van der Waals surface area contributed by atoms with E-state index in [9.17, 15) is 8.42 Å². The van der Waals surface area contributed by atoms with Crippen molar-refractivity contribution < 1.29 is 22.7 Å². The van der Waals surface area contributed by atoms with Crippen LogP contribution in [0.1, 0.15) is 0 Å². The average Bonchev–Trinajstić information content (AvgIpc) is 2.35. The van der Waals surface area contributed by atoms with E-state index in [1.165, 1.54) is 32.4 Å². The standard InChI is InChI=1S/C10H14ClNO5S/c1-15-5-6-17-12-18(13,14)10-7-8(11)3-4-9(10)16-2/h3-4,7,12H,5-6H2,1-2H3. The highest BCUT2D eigenvalue weighted by atomic mass is 35.5. The fourth-order valence-electron chi connectivity index (χ4n) is 1.15. The first-order chi connectivity index (χ1) is 8.51. The minimum atomic E-state index is -3.84. The van der Waals surface area contributed by atoms with Crippen LogP contribution in [0.2, 0.25) is 5.02 Å². The van der Waals surface area contributed by atoms with Crippen molar-refractivity contribution in [3.05, 3.63) is 23.2 Å². The Morgan fingerprint density at radius 3 is 2.61 bits per heavy atom. The van der Waals surface area contributed by atoms with Gasteiger partial charge in [0.05, 0.1) is 20.3 Å². The fourth-order valence-corrected chi connectivity index (χ4v) is 2.41. The molecule has 0 saturated heterocycles.